The molecule has 0 unspecified atom stereocenters. The number of hydrogen-bond acceptors (Lipinski definition) is 4. The number of aromatic nitrogens is 3. The molecule has 0 amide bonds. The van der Waals surface area contributed by atoms with Crippen molar-refractivity contribution < 1.29 is 8.42 Å². The van der Waals surface area contributed by atoms with Gasteiger partial charge in [0.05, 0.1) is 29.0 Å². The SMILES string of the molecule is Cc1cc(S(=O)(=O)NCc2cc(-c3ccncc3)n(C3CCCC3)n2)c(Cl)cc1Cl. The molecule has 0 aliphatic heterocycles. The summed E-state index contributed by atoms with van der Waals surface area (Å²) < 4.78 is 30.3. The van der Waals surface area contributed by atoms with Crippen LogP contribution in [-0.2, 0) is 16.6 Å². The first-order chi connectivity index (χ1) is 14.3. The van der Waals surface area contributed by atoms with Crippen molar-refractivity contribution in [1.82, 2.24) is 19.5 Å². The fourth-order valence-electron chi connectivity index (χ4n) is 3.78. The molecular weight excluding hydrogens is 443 g/mol. The molecule has 2 aromatic heterocycles. The second-order valence-electron chi connectivity index (χ2n) is 7.50. The third kappa shape index (κ3) is 4.39. The Labute approximate surface area is 186 Å². The largest absolute Gasteiger partial charge is 0.265 e. The summed E-state index contributed by atoms with van der Waals surface area (Å²) in [5.41, 5.74) is 3.28. The quantitative estimate of drug-likeness (QED) is 0.546. The van der Waals surface area contributed by atoms with Gasteiger partial charge in [-0.15, -0.1) is 0 Å². The Bertz CT molecular complexity index is 1160. The summed E-state index contributed by atoms with van der Waals surface area (Å²) in [4.78, 5) is 4.10. The van der Waals surface area contributed by atoms with Crippen molar-refractivity contribution in [2.24, 2.45) is 0 Å². The van der Waals surface area contributed by atoms with Crippen molar-refractivity contribution in [1.29, 1.82) is 0 Å². The summed E-state index contributed by atoms with van der Waals surface area (Å²) in [6.45, 7) is 1.81. The molecule has 6 nitrogen and oxygen atoms in total. The number of sulfonamides is 1. The molecule has 9 heteroatoms. The van der Waals surface area contributed by atoms with Gasteiger partial charge in [-0.05, 0) is 55.7 Å². The molecule has 0 saturated heterocycles. The number of nitrogens with zero attached hydrogens (tertiary/aromatic N) is 3. The van der Waals surface area contributed by atoms with Crippen LogP contribution in [0.15, 0.2) is 47.6 Å². The maximum atomic E-state index is 12.8. The molecular formula is C21H22Cl2N4O2S. The Morgan fingerprint density at radius 2 is 1.80 bits per heavy atom. The van der Waals surface area contributed by atoms with Crippen molar-refractivity contribution in [3.63, 3.8) is 0 Å². The molecule has 1 aliphatic carbocycles. The summed E-state index contributed by atoms with van der Waals surface area (Å²) in [6, 6.07) is 9.06. The average Bonchev–Trinajstić information content (AvgIpc) is 3.39. The van der Waals surface area contributed by atoms with Gasteiger partial charge in [-0.1, -0.05) is 36.0 Å². The summed E-state index contributed by atoms with van der Waals surface area (Å²) in [5, 5.41) is 5.25. The number of hydrogen-bond donors (Lipinski definition) is 1. The van der Waals surface area contributed by atoms with E-state index in [9.17, 15) is 8.42 Å². The number of halogens is 2. The summed E-state index contributed by atoms with van der Waals surface area (Å²) in [5.74, 6) is 0. The molecule has 1 aliphatic rings. The monoisotopic (exact) mass is 464 g/mol. The fraction of sp³-hybridized carbons (Fsp3) is 0.333. The molecule has 0 atom stereocenters. The molecule has 1 fully saturated rings. The number of aryl methyl sites for hydroxylation is 1. The van der Waals surface area contributed by atoms with E-state index in [-0.39, 0.29) is 16.5 Å². The van der Waals surface area contributed by atoms with Crippen molar-refractivity contribution in [2.45, 2.75) is 50.1 Å². The zero-order valence-electron chi connectivity index (χ0n) is 16.5. The smallest absolute Gasteiger partial charge is 0.242 e. The second-order valence-corrected chi connectivity index (χ2v) is 10.0. The third-order valence-corrected chi connectivity index (χ3v) is 7.65. The van der Waals surface area contributed by atoms with Crippen LogP contribution in [0.1, 0.15) is 43.0 Å². The highest BCUT2D eigenvalue weighted by molar-refractivity contribution is 7.89. The van der Waals surface area contributed by atoms with Gasteiger partial charge in [-0.2, -0.15) is 5.10 Å². The van der Waals surface area contributed by atoms with E-state index in [1.807, 2.05) is 22.9 Å². The van der Waals surface area contributed by atoms with Crippen LogP contribution in [0.5, 0.6) is 0 Å². The highest BCUT2D eigenvalue weighted by Crippen LogP contribution is 2.34. The Balaban J connectivity index is 1.61. The molecule has 158 valence electrons. The molecule has 1 saturated carbocycles. The highest BCUT2D eigenvalue weighted by atomic mass is 35.5. The highest BCUT2D eigenvalue weighted by Gasteiger charge is 2.24. The van der Waals surface area contributed by atoms with E-state index in [1.165, 1.54) is 25.0 Å². The Hall–Kier alpha value is -1.93. The van der Waals surface area contributed by atoms with Crippen molar-refractivity contribution in [3.8, 4) is 11.3 Å². The molecule has 0 bridgehead atoms. The van der Waals surface area contributed by atoms with Gasteiger partial charge in [0, 0.05) is 23.0 Å². The molecule has 1 aromatic carbocycles. The lowest BCUT2D eigenvalue weighted by Crippen LogP contribution is -2.24. The Morgan fingerprint density at radius 3 is 2.50 bits per heavy atom. The topological polar surface area (TPSA) is 76.9 Å². The fourth-order valence-corrected chi connectivity index (χ4v) is 5.61. The van der Waals surface area contributed by atoms with Gasteiger partial charge in [0.1, 0.15) is 4.90 Å². The lowest BCUT2D eigenvalue weighted by atomic mass is 10.1. The van der Waals surface area contributed by atoms with Gasteiger partial charge in [0.25, 0.3) is 0 Å². The lowest BCUT2D eigenvalue weighted by molar-refractivity contribution is 0.467. The van der Waals surface area contributed by atoms with E-state index in [2.05, 4.69) is 9.71 Å². The first kappa shape index (κ1) is 21.3. The maximum absolute atomic E-state index is 12.8. The predicted molar refractivity (Wildman–Crippen MR) is 118 cm³/mol. The van der Waals surface area contributed by atoms with Crippen LogP contribution < -0.4 is 4.72 Å². The average molecular weight is 465 g/mol. The molecule has 30 heavy (non-hydrogen) atoms. The molecule has 1 N–H and O–H groups in total. The van der Waals surface area contributed by atoms with Gasteiger partial charge in [0.2, 0.25) is 10.0 Å². The standard InChI is InChI=1S/C21H22Cl2N4O2S/c1-14-10-21(19(23)12-18(14)22)30(28,29)25-13-16-11-20(15-6-8-24-9-7-15)27(26-16)17-4-2-3-5-17/h6-12,17,25H,2-5,13H2,1H3. The normalized spacial score (nSPS) is 15.0. The van der Waals surface area contributed by atoms with Crippen LogP contribution in [0.25, 0.3) is 11.3 Å². The maximum Gasteiger partial charge on any atom is 0.242 e. The zero-order chi connectivity index (χ0) is 21.3. The van der Waals surface area contributed by atoms with Crippen molar-refractivity contribution in [2.75, 3.05) is 0 Å². The van der Waals surface area contributed by atoms with E-state index >= 15 is 0 Å². The van der Waals surface area contributed by atoms with Crippen LogP contribution in [0.3, 0.4) is 0 Å². The van der Waals surface area contributed by atoms with Gasteiger partial charge < -0.3 is 0 Å². The second kappa shape index (κ2) is 8.67. The van der Waals surface area contributed by atoms with Gasteiger partial charge >= 0.3 is 0 Å². The summed E-state index contributed by atoms with van der Waals surface area (Å²) in [6.07, 6.45) is 7.99. The number of pyridine rings is 1. The van der Waals surface area contributed by atoms with E-state index in [4.69, 9.17) is 28.3 Å². The van der Waals surface area contributed by atoms with E-state index in [1.54, 1.807) is 19.3 Å². The minimum atomic E-state index is -3.82. The van der Waals surface area contributed by atoms with Gasteiger partial charge in [-0.3, -0.25) is 9.67 Å². The molecule has 4 rings (SSSR count). The van der Waals surface area contributed by atoms with Crippen molar-refractivity contribution in [3.05, 3.63) is 64.0 Å². The number of nitrogens with one attached hydrogen (secondary N) is 1. The van der Waals surface area contributed by atoms with Crippen LogP contribution >= 0.6 is 23.2 Å². The van der Waals surface area contributed by atoms with E-state index in [0.29, 0.717) is 22.3 Å². The minimum Gasteiger partial charge on any atom is -0.265 e. The van der Waals surface area contributed by atoms with E-state index in [0.717, 1.165) is 24.1 Å². The molecule has 0 spiro atoms. The Morgan fingerprint density at radius 1 is 1.10 bits per heavy atom. The van der Waals surface area contributed by atoms with Crippen LogP contribution in [0.4, 0.5) is 0 Å². The zero-order valence-corrected chi connectivity index (χ0v) is 18.8. The number of rotatable bonds is 6. The first-order valence-electron chi connectivity index (χ1n) is 9.79. The van der Waals surface area contributed by atoms with Crippen LogP contribution in [0.2, 0.25) is 10.0 Å². The third-order valence-electron chi connectivity index (χ3n) is 5.38. The number of benzene rings is 1. The van der Waals surface area contributed by atoms with Crippen molar-refractivity contribution >= 4 is 33.2 Å². The predicted octanol–water partition coefficient (Wildman–Crippen LogP) is 5.15. The summed E-state index contributed by atoms with van der Waals surface area (Å²) in [7, 11) is -3.82. The van der Waals surface area contributed by atoms with Crippen LogP contribution in [-0.4, -0.2) is 23.2 Å². The first-order valence-corrected chi connectivity index (χ1v) is 12.0. The Kier molecular flexibility index (Phi) is 6.16. The molecule has 0 radical (unpaired) electrons. The lowest BCUT2D eigenvalue weighted by Gasteiger charge is -2.14. The molecule has 2 heterocycles. The summed E-state index contributed by atoms with van der Waals surface area (Å²) >= 11 is 12.2. The van der Waals surface area contributed by atoms with Gasteiger partial charge in [-0.25, -0.2) is 13.1 Å². The minimum absolute atomic E-state index is 0.00986. The van der Waals surface area contributed by atoms with Crippen LogP contribution in [0, 0.1) is 6.92 Å². The molecule has 3 aromatic rings. The van der Waals surface area contributed by atoms with E-state index < -0.39 is 10.0 Å². The van der Waals surface area contributed by atoms with Gasteiger partial charge in [0.15, 0.2) is 0 Å².